The van der Waals surface area contributed by atoms with E-state index >= 15 is 0 Å². The van der Waals surface area contributed by atoms with Crippen molar-refractivity contribution < 1.29 is 44.3 Å². The second-order valence-corrected chi connectivity index (χ2v) is 10.3. The molecule has 1 saturated carbocycles. The molecule has 2 amide bonds. The molecule has 3 aliphatic carbocycles. The van der Waals surface area contributed by atoms with E-state index in [1.807, 2.05) is 0 Å². The third kappa shape index (κ3) is 3.92. The Morgan fingerprint density at radius 3 is 2.51 bits per heavy atom. The number of aliphatic hydroxyl groups is 3. The number of fused-ring (bicyclic) bond motifs is 3. The SMILES string of the molecule is NC(=O)C1C(=O)[C@@]2(O)C(O)=C3C(=O)c4c(O)ccc(CCC(=O)N5CCOCC5)c4C[C@H]3C[C@H]2CC1O. The molecule has 11 heteroatoms. The second-order valence-electron chi connectivity index (χ2n) is 10.3. The monoisotopic (exact) mass is 514 g/mol. The van der Waals surface area contributed by atoms with Gasteiger partial charge in [0.1, 0.15) is 17.4 Å². The number of aliphatic hydroxyl groups excluding tert-OH is 2. The van der Waals surface area contributed by atoms with Crippen LogP contribution in [0, 0.1) is 17.8 Å². The Morgan fingerprint density at radius 2 is 1.84 bits per heavy atom. The fourth-order valence-electron chi connectivity index (χ4n) is 6.44. The number of phenolic OH excluding ortho intramolecular Hbond substituents is 1. The van der Waals surface area contributed by atoms with Gasteiger partial charge in [-0.05, 0) is 48.8 Å². The Labute approximate surface area is 212 Å². The number of aromatic hydroxyl groups is 1. The number of Topliss-reactive ketones (excluding diaryl/α,β-unsaturated/α-hetero) is 2. The number of ether oxygens (including phenoxy) is 1. The van der Waals surface area contributed by atoms with Crippen molar-refractivity contribution in [3.63, 3.8) is 0 Å². The number of ketones is 2. The largest absolute Gasteiger partial charge is 0.508 e. The lowest BCUT2D eigenvalue weighted by atomic mass is 9.57. The summed E-state index contributed by atoms with van der Waals surface area (Å²) >= 11 is 0. The number of carbonyl (C=O) groups excluding carboxylic acids is 4. The summed E-state index contributed by atoms with van der Waals surface area (Å²) in [5.74, 6) is -7.41. The molecule has 2 fully saturated rings. The van der Waals surface area contributed by atoms with Gasteiger partial charge in [0.2, 0.25) is 11.8 Å². The van der Waals surface area contributed by atoms with Crippen LogP contribution in [0.5, 0.6) is 5.75 Å². The second kappa shape index (κ2) is 9.23. The highest BCUT2D eigenvalue weighted by molar-refractivity contribution is 6.15. The topological polar surface area (TPSA) is 188 Å². The average molecular weight is 515 g/mol. The lowest BCUT2D eigenvalue weighted by Crippen LogP contribution is -2.63. The summed E-state index contributed by atoms with van der Waals surface area (Å²) in [5.41, 5.74) is 3.79. The van der Waals surface area contributed by atoms with E-state index in [-0.39, 0.29) is 48.5 Å². The highest BCUT2D eigenvalue weighted by atomic mass is 16.5. The van der Waals surface area contributed by atoms with Crippen LogP contribution < -0.4 is 5.73 Å². The first kappa shape index (κ1) is 25.4. The first-order chi connectivity index (χ1) is 17.6. The van der Waals surface area contributed by atoms with Gasteiger partial charge in [0.25, 0.3) is 0 Å². The Morgan fingerprint density at radius 1 is 1.14 bits per heavy atom. The lowest BCUT2D eigenvalue weighted by Gasteiger charge is -2.48. The molecular formula is C26H30N2O9. The van der Waals surface area contributed by atoms with Crippen LogP contribution >= 0.6 is 0 Å². The van der Waals surface area contributed by atoms with Gasteiger partial charge >= 0.3 is 0 Å². The van der Waals surface area contributed by atoms with Crippen molar-refractivity contribution in [1.29, 1.82) is 0 Å². The van der Waals surface area contributed by atoms with Gasteiger partial charge in [0.05, 0.1) is 24.9 Å². The van der Waals surface area contributed by atoms with E-state index in [0.717, 1.165) is 5.56 Å². The standard InChI is InChI=1S/C26H30N2O9/c27-25(35)21-17(30)11-14-9-13-10-15-12(2-4-18(31)28-5-7-37-8-6-28)1-3-16(29)20(15)22(32)19(13)23(33)26(14,36)24(21)34/h1,3,13-14,17,21,29-30,33,36H,2,4-11H2,(H2,27,35)/t13-,14+,17?,21?,26+/m1/s1. The van der Waals surface area contributed by atoms with Gasteiger partial charge in [-0.2, -0.15) is 0 Å². The van der Waals surface area contributed by atoms with E-state index in [1.54, 1.807) is 11.0 Å². The third-order valence-electron chi connectivity index (χ3n) is 8.34. The van der Waals surface area contributed by atoms with Crippen molar-refractivity contribution in [2.45, 2.75) is 43.8 Å². The van der Waals surface area contributed by atoms with Crippen LogP contribution in [0.15, 0.2) is 23.5 Å². The minimum atomic E-state index is -2.53. The lowest BCUT2D eigenvalue weighted by molar-refractivity contribution is -0.167. The molecular weight excluding hydrogens is 484 g/mol. The molecule has 0 bridgehead atoms. The summed E-state index contributed by atoms with van der Waals surface area (Å²) in [5, 5.41) is 43.4. The number of aryl methyl sites for hydroxylation is 1. The van der Waals surface area contributed by atoms with Crippen molar-refractivity contribution in [1.82, 2.24) is 4.90 Å². The number of rotatable bonds is 4. The Hall–Kier alpha value is -3.28. The molecule has 1 aromatic rings. The van der Waals surface area contributed by atoms with Crippen LogP contribution in [0.4, 0.5) is 0 Å². The Balaban J connectivity index is 1.49. The third-order valence-corrected chi connectivity index (χ3v) is 8.34. The van der Waals surface area contributed by atoms with Gasteiger partial charge in [-0.25, -0.2) is 0 Å². The summed E-state index contributed by atoms with van der Waals surface area (Å²) < 4.78 is 5.29. The van der Waals surface area contributed by atoms with E-state index < -0.39 is 52.7 Å². The number of primary amides is 1. The zero-order valence-corrected chi connectivity index (χ0v) is 20.2. The number of phenols is 1. The van der Waals surface area contributed by atoms with Crippen LogP contribution in [-0.2, 0) is 32.0 Å². The molecule has 198 valence electrons. The summed E-state index contributed by atoms with van der Waals surface area (Å²) in [6.45, 7) is 2.01. The zero-order chi connectivity index (χ0) is 26.6. The molecule has 11 nitrogen and oxygen atoms in total. The molecule has 0 aromatic heterocycles. The highest BCUT2D eigenvalue weighted by Gasteiger charge is 2.62. The number of amides is 2. The quantitative estimate of drug-likeness (QED) is 0.331. The molecule has 1 aliphatic heterocycles. The van der Waals surface area contributed by atoms with E-state index in [1.165, 1.54) is 6.07 Å². The van der Waals surface area contributed by atoms with Gasteiger partial charge in [0.15, 0.2) is 17.2 Å². The molecule has 5 rings (SSSR count). The maximum atomic E-state index is 13.6. The van der Waals surface area contributed by atoms with Crippen molar-refractivity contribution in [3.8, 4) is 5.75 Å². The number of carbonyl (C=O) groups is 4. The van der Waals surface area contributed by atoms with Crippen LogP contribution in [0.3, 0.4) is 0 Å². The summed E-state index contributed by atoms with van der Waals surface area (Å²) in [7, 11) is 0. The van der Waals surface area contributed by atoms with Crippen molar-refractivity contribution in [3.05, 3.63) is 40.2 Å². The van der Waals surface area contributed by atoms with Gasteiger partial charge in [-0.1, -0.05) is 6.07 Å². The Bertz CT molecular complexity index is 1220. The van der Waals surface area contributed by atoms with Crippen molar-refractivity contribution >= 4 is 23.4 Å². The fraction of sp³-hybridized carbons (Fsp3) is 0.538. The normalized spacial score (nSPS) is 31.5. The van der Waals surface area contributed by atoms with E-state index in [0.29, 0.717) is 38.3 Å². The predicted molar refractivity (Wildman–Crippen MR) is 126 cm³/mol. The summed E-state index contributed by atoms with van der Waals surface area (Å²) in [6, 6.07) is 3.03. The van der Waals surface area contributed by atoms with Gasteiger partial charge in [-0.15, -0.1) is 0 Å². The number of hydrogen-bond acceptors (Lipinski definition) is 9. The van der Waals surface area contributed by atoms with Gasteiger partial charge in [0, 0.05) is 31.0 Å². The van der Waals surface area contributed by atoms with Crippen LogP contribution in [0.25, 0.3) is 0 Å². The van der Waals surface area contributed by atoms with E-state index in [2.05, 4.69) is 0 Å². The molecule has 4 aliphatic rings. The predicted octanol–water partition coefficient (Wildman–Crippen LogP) is -0.463. The molecule has 0 spiro atoms. The molecule has 2 unspecified atom stereocenters. The first-order valence-corrected chi connectivity index (χ1v) is 12.5. The minimum absolute atomic E-state index is 0.0352. The number of morpholine rings is 1. The fourth-order valence-corrected chi connectivity index (χ4v) is 6.44. The zero-order valence-electron chi connectivity index (χ0n) is 20.2. The van der Waals surface area contributed by atoms with E-state index in [9.17, 15) is 39.6 Å². The van der Waals surface area contributed by atoms with Crippen molar-refractivity contribution in [2.75, 3.05) is 26.3 Å². The molecule has 5 atom stereocenters. The number of hydrogen-bond donors (Lipinski definition) is 5. The van der Waals surface area contributed by atoms with Crippen molar-refractivity contribution in [2.24, 2.45) is 23.5 Å². The smallest absolute Gasteiger partial charge is 0.230 e. The summed E-state index contributed by atoms with van der Waals surface area (Å²) in [6.07, 6.45) is -0.701. The van der Waals surface area contributed by atoms with Gasteiger partial charge in [-0.3, -0.25) is 19.2 Å². The van der Waals surface area contributed by atoms with Gasteiger partial charge < -0.3 is 35.8 Å². The van der Waals surface area contributed by atoms with Crippen LogP contribution in [-0.4, -0.2) is 86.7 Å². The maximum Gasteiger partial charge on any atom is 0.230 e. The molecule has 1 saturated heterocycles. The number of nitrogens with two attached hydrogens (primary N) is 1. The average Bonchev–Trinajstić information content (AvgIpc) is 2.86. The molecule has 37 heavy (non-hydrogen) atoms. The minimum Gasteiger partial charge on any atom is -0.508 e. The Kier molecular flexibility index (Phi) is 6.33. The van der Waals surface area contributed by atoms with Crippen LogP contribution in [0.1, 0.15) is 40.7 Å². The molecule has 1 aromatic carbocycles. The first-order valence-electron chi connectivity index (χ1n) is 12.5. The number of benzene rings is 1. The molecule has 0 radical (unpaired) electrons. The molecule has 1 heterocycles. The van der Waals surface area contributed by atoms with Crippen LogP contribution in [0.2, 0.25) is 0 Å². The summed E-state index contributed by atoms with van der Waals surface area (Å²) in [4.78, 5) is 52.9. The highest BCUT2D eigenvalue weighted by Crippen LogP contribution is 2.51. The number of allylic oxidation sites excluding steroid dienone is 1. The maximum absolute atomic E-state index is 13.6. The van der Waals surface area contributed by atoms with E-state index in [4.69, 9.17) is 10.5 Å². The molecule has 6 N–H and O–H groups in total. The number of nitrogens with zero attached hydrogens (tertiary/aromatic N) is 1.